The molecule has 0 radical (unpaired) electrons. The molecule has 5 nitrogen and oxygen atoms in total. The first kappa shape index (κ1) is 19.4. The normalized spacial score (nSPS) is 12.7. The molecule has 0 heterocycles. The van der Waals surface area contributed by atoms with Crippen LogP contribution in [0, 0.1) is 11.8 Å². The van der Waals surface area contributed by atoms with Gasteiger partial charge in [-0.2, -0.15) is 0 Å². The summed E-state index contributed by atoms with van der Waals surface area (Å²) in [4.78, 5) is 14.2. The molecule has 20 heavy (non-hydrogen) atoms. The lowest BCUT2D eigenvalue weighted by atomic mass is 9.94. The van der Waals surface area contributed by atoms with Gasteiger partial charge in [-0.25, -0.2) is 0 Å². The molecule has 1 amide bonds. The van der Waals surface area contributed by atoms with Gasteiger partial charge in [0.2, 0.25) is 5.91 Å². The van der Waals surface area contributed by atoms with Crippen LogP contribution < -0.4 is 5.73 Å². The third kappa shape index (κ3) is 9.28. The lowest BCUT2D eigenvalue weighted by Crippen LogP contribution is -2.37. The summed E-state index contributed by atoms with van der Waals surface area (Å²) in [6.45, 7) is 7.48. The summed E-state index contributed by atoms with van der Waals surface area (Å²) in [5, 5.41) is 0. The van der Waals surface area contributed by atoms with Gasteiger partial charge in [-0.3, -0.25) is 4.79 Å². The van der Waals surface area contributed by atoms with Gasteiger partial charge in [0.05, 0.1) is 6.61 Å². The SMILES string of the molecule is COCCCN(CCOC)C(=O)C[C@@H](CN)CC(C)C. The number of hydrogen-bond donors (Lipinski definition) is 1. The smallest absolute Gasteiger partial charge is 0.222 e. The van der Waals surface area contributed by atoms with Crippen molar-refractivity contribution in [3.63, 3.8) is 0 Å². The van der Waals surface area contributed by atoms with Crippen LogP contribution in [-0.4, -0.2) is 57.9 Å². The van der Waals surface area contributed by atoms with E-state index in [0.717, 1.165) is 19.4 Å². The van der Waals surface area contributed by atoms with Gasteiger partial charge in [0.1, 0.15) is 0 Å². The molecule has 0 aromatic carbocycles. The molecule has 0 aromatic heterocycles. The first-order chi connectivity index (χ1) is 9.54. The third-order valence-electron chi connectivity index (χ3n) is 3.30. The number of hydrogen-bond acceptors (Lipinski definition) is 4. The summed E-state index contributed by atoms with van der Waals surface area (Å²) < 4.78 is 10.1. The van der Waals surface area contributed by atoms with E-state index >= 15 is 0 Å². The van der Waals surface area contributed by atoms with E-state index in [4.69, 9.17) is 15.2 Å². The van der Waals surface area contributed by atoms with Crippen molar-refractivity contribution in [3.05, 3.63) is 0 Å². The Kier molecular flexibility index (Phi) is 11.7. The average molecular weight is 288 g/mol. The molecule has 1 atom stereocenters. The maximum Gasteiger partial charge on any atom is 0.222 e. The van der Waals surface area contributed by atoms with E-state index in [0.29, 0.717) is 38.6 Å². The largest absolute Gasteiger partial charge is 0.385 e. The first-order valence-corrected chi connectivity index (χ1v) is 7.50. The molecule has 0 aliphatic heterocycles. The summed E-state index contributed by atoms with van der Waals surface area (Å²) in [6.07, 6.45) is 2.38. The molecule has 0 fully saturated rings. The minimum absolute atomic E-state index is 0.175. The fourth-order valence-electron chi connectivity index (χ4n) is 2.27. The second kappa shape index (κ2) is 12.1. The van der Waals surface area contributed by atoms with Crippen molar-refractivity contribution >= 4 is 5.91 Å². The van der Waals surface area contributed by atoms with Crippen molar-refractivity contribution in [2.24, 2.45) is 17.6 Å². The quantitative estimate of drug-likeness (QED) is 0.553. The minimum Gasteiger partial charge on any atom is -0.385 e. The zero-order valence-electron chi connectivity index (χ0n) is 13.6. The maximum atomic E-state index is 12.4. The van der Waals surface area contributed by atoms with E-state index in [1.807, 2.05) is 4.90 Å². The Hall–Kier alpha value is -0.650. The fraction of sp³-hybridized carbons (Fsp3) is 0.933. The average Bonchev–Trinajstić information content (AvgIpc) is 2.41. The van der Waals surface area contributed by atoms with Gasteiger partial charge in [0.15, 0.2) is 0 Å². The number of carbonyl (C=O) groups is 1. The van der Waals surface area contributed by atoms with E-state index in [2.05, 4.69) is 13.8 Å². The monoisotopic (exact) mass is 288 g/mol. The van der Waals surface area contributed by atoms with Gasteiger partial charge in [-0.05, 0) is 31.2 Å². The minimum atomic E-state index is 0.175. The number of ether oxygens (including phenoxy) is 2. The highest BCUT2D eigenvalue weighted by Crippen LogP contribution is 2.15. The standard InChI is InChI=1S/C15H32N2O3/c1-13(2)10-14(12-16)11-15(18)17(7-9-20-4)6-5-8-19-3/h13-14H,5-12,16H2,1-4H3/t14-/m0/s1. The summed E-state index contributed by atoms with van der Waals surface area (Å²) in [5.41, 5.74) is 5.78. The Morgan fingerprint density at radius 3 is 2.30 bits per heavy atom. The van der Waals surface area contributed by atoms with E-state index in [1.165, 1.54) is 0 Å². The van der Waals surface area contributed by atoms with Crippen molar-refractivity contribution < 1.29 is 14.3 Å². The van der Waals surface area contributed by atoms with Gasteiger partial charge in [0.25, 0.3) is 0 Å². The lowest BCUT2D eigenvalue weighted by molar-refractivity contribution is -0.133. The van der Waals surface area contributed by atoms with Crippen molar-refractivity contribution in [2.45, 2.75) is 33.1 Å². The van der Waals surface area contributed by atoms with Crippen LogP contribution in [0.5, 0.6) is 0 Å². The van der Waals surface area contributed by atoms with Crippen LogP contribution >= 0.6 is 0 Å². The summed E-state index contributed by atoms with van der Waals surface area (Å²) in [5.74, 6) is 1.02. The van der Waals surface area contributed by atoms with Crippen LogP contribution in [0.15, 0.2) is 0 Å². The van der Waals surface area contributed by atoms with E-state index in [-0.39, 0.29) is 11.8 Å². The molecule has 2 N–H and O–H groups in total. The van der Waals surface area contributed by atoms with Crippen molar-refractivity contribution in [2.75, 3.05) is 47.1 Å². The van der Waals surface area contributed by atoms with Crippen molar-refractivity contribution in [3.8, 4) is 0 Å². The molecule has 0 aliphatic rings. The van der Waals surface area contributed by atoms with Gasteiger partial charge in [0, 0.05) is 40.3 Å². The number of rotatable bonds is 12. The molecule has 0 bridgehead atoms. The number of carbonyl (C=O) groups excluding carboxylic acids is 1. The Morgan fingerprint density at radius 2 is 1.80 bits per heavy atom. The summed E-state index contributed by atoms with van der Waals surface area (Å²) in [7, 11) is 3.33. The molecular formula is C15H32N2O3. The number of methoxy groups -OCH3 is 2. The highest BCUT2D eigenvalue weighted by Gasteiger charge is 2.19. The van der Waals surface area contributed by atoms with Gasteiger partial charge in [-0.15, -0.1) is 0 Å². The van der Waals surface area contributed by atoms with Crippen molar-refractivity contribution in [1.82, 2.24) is 4.90 Å². The fourth-order valence-corrected chi connectivity index (χ4v) is 2.27. The number of amides is 1. The Morgan fingerprint density at radius 1 is 1.15 bits per heavy atom. The molecule has 0 aromatic rings. The highest BCUT2D eigenvalue weighted by molar-refractivity contribution is 5.76. The van der Waals surface area contributed by atoms with E-state index in [9.17, 15) is 4.79 Å². The third-order valence-corrected chi connectivity index (χ3v) is 3.30. The van der Waals surface area contributed by atoms with Crippen LogP contribution in [0.1, 0.15) is 33.1 Å². The molecule has 0 rings (SSSR count). The van der Waals surface area contributed by atoms with Crippen LogP contribution in [-0.2, 0) is 14.3 Å². The predicted molar refractivity (Wildman–Crippen MR) is 81.6 cm³/mol. The molecule has 0 unspecified atom stereocenters. The molecule has 0 spiro atoms. The number of nitrogens with two attached hydrogens (primary N) is 1. The second-order valence-electron chi connectivity index (χ2n) is 5.66. The van der Waals surface area contributed by atoms with Gasteiger partial charge >= 0.3 is 0 Å². The van der Waals surface area contributed by atoms with E-state index in [1.54, 1.807) is 14.2 Å². The molecule has 0 saturated heterocycles. The molecule has 0 aliphatic carbocycles. The number of nitrogens with zero attached hydrogens (tertiary/aromatic N) is 1. The van der Waals surface area contributed by atoms with Crippen molar-refractivity contribution in [1.29, 1.82) is 0 Å². The Bertz CT molecular complexity index is 247. The summed E-state index contributed by atoms with van der Waals surface area (Å²) >= 11 is 0. The van der Waals surface area contributed by atoms with Crippen LogP contribution in [0.25, 0.3) is 0 Å². The topological polar surface area (TPSA) is 64.8 Å². The molecule has 5 heteroatoms. The molecule has 0 saturated carbocycles. The van der Waals surface area contributed by atoms with Gasteiger partial charge < -0.3 is 20.1 Å². The van der Waals surface area contributed by atoms with E-state index < -0.39 is 0 Å². The molecular weight excluding hydrogens is 256 g/mol. The Balaban J connectivity index is 4.34. The Labute approximate surface area is 123 Å². The highest BCUT2D eigenvalue weighted by atomic mass is 16.5. The first-order valence-electron chi connectivity index (χ1n) is 7.50. The van der Waals surface area contributed by atoms with Crippen LogP contribution in [0.3, 0.4) is 0 Å². The maximum absolute atomic E-state index is 12.4. The molecule has 120 valence electrons. The zero-order valence-corrected chi connectivity index (χ0v) is 13.6. The van der Waals surface area contributed by atoms with Gasteiger partial charge in [-0.1, -0.05) is 13.8 Å². The van der Waals surface area contributed by atoms with Crippen LogP contribution in [0.2, 0.25) is 0 Å². The zero-order chi connectivity index (χ0) is 15.4. The van der Waals surface area contributed by atoms with Crippen LogP contribution in [0.4, 0.5) is 0 Å². The predicted octanol–water partition coefficient (Wildman–Crippen LogP) is 1.51. The lowest BCUT2D eigenvalue weighted by Gasteiger charge is -2.25. The summed E-state index contributed by atoms with van der Waals surface area (Å²) in [6, 6.07) is 0. The second-order valence-corrected chi connectivity index (χ2v) is 5.66.